The van der Waals surface area contributed by atoms with Crippen LogP contribution in [0.2, 0.25) is 0 Å². The zero-order chi connectivity index (χ0) is 27.6. The van der Waals surface area contributed by atoms with E-state index in [4.69, 9.17) is 4.74 Å². The highest BCUT2D eigenvalue weighted by molar-refractivity contribution is 7.89. The molecule has 11 nitrogen and oxygen atoms in total. The number of piperazine rings is 1. The largest absolute Gasteiger partial charge is 0.449 e. The number of hydrogen-bond acceptors (Lipinski definition) is 7. The Morgan fingerprint density at radius 2 is 1.63 bits per heavy atom. The molecule has 38 heavy (non-hydrogen) atoms. The van der Waals surface area contributed by atoms with E-state index in [0.717, 1.165) is 0 Å². The summed E-state index contributed by atoms with van der Waals surface area (Å²) in [5.74, 6) is -1.54. The molecule has 2 aromatic carbocycles. The highest BCUT2D eigenvalue weighted by Crippen LogP contribution is 2.20. The lowest BCUT2D eigenvalue weighted by molar-refractivity contribution is -0.123. The molecule has 4 rings (SSSR count). The fraction of sp³-hybridized carbons (Fsp3) is 0.346. The third-order valence-electron chi connectivity index (χ3n) is 6.63. The van der Waals surface area contributed by atoms with Crippen LogP contribution in [0.25, 0.3) is 5.69 Å². The van der Waals surface area contributed by atoms with Crippen molar-refractivity contribution in [2.24, 2.45) is 7.05 Å². The minimum absolute atomic E-state index is 0.00202. The number of benzene rings is 2. The summed E-state index contributed by atoms with van der Waals surface area (Å²) < 4.78 is 35.9. The minimum Gasteiger partial charge on any atom is -0.449 e. The van der Waals surface area contributed by atoms with Gasteiger partial charge in [-0.2, -0.15) is 4.31 Å². The van der Waals surface area contributed by atoms with Gasteiger partial charge in [-0.3, -0.25) is 14.3 Å². The van der Waals surface area contributed by atoms with Crippen LogP contribution in [0.3, 0.4) is 0 Å². The number of carbonyl (C=O) groups excluding carboxylic acids is 2. The molecule has 0 bridgehead atoms. The lowest BCUT2D eigenvalue weighted by atomic mass is 10.2. The average molecular weight is 542 g/mol. The Labute approximate surface area is 221 Å². The fourth-order valence-electron chi connectivity index (χ4n) is 4.18. The number of anilines is 1. The van der Waals surface area contributed by atoms with Crippen molar-refractivity contribution in [1.82, 2.24) is 18.6 Å². The van der Waals surface area contributed by atoms with E-state index in [0.29, 0.717) is 37.6 Å². The van der Waals surface area contributed by atoms with E-state index in [1.54, 1.807) is 42.9 Å². The van der Waals surface area contributed by atoms with E-state index >= 15 is 0 Å². The summed E-state index contributed by atoms with van der Waals surface area (Å²) in [7, 11) is -0.154. The van der Waals surface area contributed by atoms with Crippen molar-refractivity contribution in [3.05, 3.63) is 76.2 Å². The first-order valence-corrected chi connectivity index (χ1v) is 13.6. The number of sulfonamides is 1. The van der Waals surface area contributed by atoms with E-state index in [1.807, 2.05) is 18.0 Å². The number of amides is 1. The van der Waals surface area contributed by atoms with Crippen molar-refractivity contribution >= 4 is 27.6 Å². The topological polar surface area (TPSA) is 123 Å². The molecule has 1 atom stereocenters. The van der Waals surface area contributed by atoms with Gasteiger partial charge in [-0.15, -0.1) is 0 Å². The molecule has 2 heterocycles. The number of rotatable bonds is 7. The van der Waals surface area contributed by atoms with Crippen molar-refractivity contribution in [1.29, 1.82) is 0 Å². The first kappa shape index (κ1) is 27.3. The maximum absolute atomic E-state index is 13.1. The molecule has 1 amide bonds. The van der Waals surface area contributed by atoms with E-state index in [2.05, 4.69) is 5.32 Å². The van der Waals surface area contributed by atoms with Crippen LogP contribution in [-0.2, 0) is 26.6 Å². The molecule has 1 fully saturated rings. The summed E-state index contributed by atoms with van der Waals surface area (Å²) in [6.07, 6.45) is -1.25. The number of esters is 1. The molecule has 1 aromatic heterocycles. The molecule has 1 unspecified atom stereocenters. The minimum atomic E-state index is -3.78. The number of likely N-dealkylation sites (N-methyl/N-ethyl adjacent to an activating group) is 1. The first-order chi connectivity index (χ1) is 18.0. The third kappa shape index (κ3) is 5.42. The summed E-state index contributed by atoms with van der Waals surface area (Å²) in [5, 5.41) is 2.57. The van der Waals surface area contributed by atoms with Crippen molar-refractivity contribution in [2.75, 3.05) is 38.5 Å². The molecule has 1 N–H and O–H groups in total. The molecule has 202 valence electrons. The smallest absolute Gasteiger partial charge is 0.338 e. The second-order valence-electron chi connectivity index (χ2n) is 9.21. The zero-order valence-electron chi connectivity index (χ0n) is 21.7. The van der Waals surface area contributed by atoms with Gasteiger partial charge in [0.1, 0.15) is 5.69 Å². The van der Waals surface area contributed by atoms with Crippen LogP contribution in [0.1, 0.15) is 23.0 Å². The Morgan fingerprint density at radius 1 is 0.974 bits per heavy atom. The molecule has 1 saturated heterocycles. The van der Waals surface area contributed by atoms with Gasteiger partial charge in [-0.05, 0) is 51.2 Å². The summed E-state index contributed by atoms with van der Waals surface area (Å²) in [4.78, 5) is 40.7. The quantitative estimate of drug-likeness (QED) is 0.451. The predicted molar refractivity (Wildman–Crippen MR) is 142 cm³/mol. The first-order valence-electron chi connectivity index (χ1n) is 12.2. The Balaban J connectivity index is 1.47. The number of nitrogens with one attached hydrogen (secondary N) is 1. The van der Waals surface area contributed by atoms with Gasteiger partial charge in [-0.1, -0.05) is 24.3 Å². The Hall–Kier alpha value is -3.74. The maximum Gasteiger partial charge on any atom is 0.338 e. The SMILES string of the molecule is Cc1c(NC(=O)C(C)OC(=O)c2cccc(S(=O)(=O)N3CCN(C)CC3)c2)c(=O)n(-c2ccccc2)n1C. The van der Waals surface area contributed by atoms with Crippen LogP contribution in [0, 0.1) is 6.92 Å². The molecule has 12 heteroatoms. The highest BCUT2D eigenvalue weighted by Gasteiger charge is 2.29. The van der Waals surface area contributed by atoms with E-state index < -0.39 is 33.6 Å². The van der Waals surface area contributed by atoms with Crippen LogP contribution in [-0.4, -0.2) is 78.2 Å². The second-order valence-corrected chi connectivity index (χ2v) is 11.1. The molecule has 0 spiro atoms. The number of hydrogen-bond donors (Lipinski definition) is 1. The molecule has 3 aromatic rings. The van der Waals surface area contributed by atoms with Gasteiger partial charge in [0, 0.05) is 33.2 Å². The summed E-state index contributed by atoms with van der Waals surface area (Å²) in [5.41, 5.74) is 0.804. The van der Waals surface area contributed by atoms with Gasteiger partial charge in [-0.25, -0.2) is 17.9 Å². The highest BCUT2D eigenvalue weighted by atomic mass is 32.2. The van der Waals surface area contributed by atoms with E-state index in [9.17, 15) is 22.8 Å². The molecular formula is C26H31N5O6S. The lowest BCUT2D eigenvalue weighted by Gasteiger charge is -2.31. The summed E-state index contributed by atoms with van der Waals surface area (Å²) in [6.45, 7) is 5.02. The van der Waals surface area contributed by atoms with Gasteiger partial charge < -0.3 is 15.0 Å². The molecule has 0 saturated carbocycles. The number of nitrogens with zero attached hydrogens (tertiary/aromatic N) is 4. The molecule has 1 aliphatic heterocycles. The zero-order valence-corrected chi connectivity index (χ0v) is 22.6. The monoisotopic (exact) mass is 541 g/mol. The fourth-order valence-corrected chi connectivity index (χ4v) is 5.65. The van der Waals surface area contributed by atoms with E-state index in [-0.39, 0.29) is 16.1 Å². The summed E-state index contributed by atoms with van der Waals surface area (Å²) >= 11 is 0. The number of para-hydroxylation sites is 1. The standard InChI is InChI=1S/C26H31N5O6S/c1-18-23(25(33)31(29(18)4)21-10-6-5-7-11-21)27-24(32)19(2)37-26(34)20-9-8-12-22(17-20)38(35,36)30-15-13-28(3)14-16-30/h5-12,17,19H,13-16H2,1-4H3,(H,27,32). The predicted octanol–water partition coefficient (Wildman–Crippen LogP) is 1.60. The Morgan fingerprint density at radius 3 is 2.29 bits per heavy atom. The van der Waals surface area contributed by atoms with Crippen molar-refractivity contribution in [2.45, 2.75) is 24.8 Å². The third-order valence-corrected chi connectivity index (χ3v) is 8.52. The van der Waals surface area contributed by atoms with Crippen LogP contribution >= 0.6 is 0 Å². The Kier molecular flexibility index (Phi) is 7.86. The van der Waals surface area contributed by atoms with Gasteiger partial charge in [0.05, 0.1) is 21.8 Å². The van der Waals surface area contributed by atoms with Crippen LogP contribution in [0.4, 0.5) is 5.69 Å². The van der Waals surface area contributed by atoms with Crippen molar-refractivity contribution < 1.29 is 22.7 Å². The molecule has 1 aliphatic rings. The number of carbonyl (C=O) groups is 2. The average Bonchev–Trinajstić information content (AvgIpc) is 3.12. The molecular weight excluding hydrogens is 510 g/mol. The van der Waals surface area contributed by atoms with Gasteiger partial charge in [0.2, 0.25) is 10.0 Å². The maximum atomic E-state index is 13.1. The van der Waals surface area contributed by atoms with Crippen molar-refractivity contribution in [3.8, 4) is 5.69 Å². The summed E-state index contributed by atoms with van der Waals surface area (Å²) in [6, 6.07) is 14.5. The van der Waals surface area contributed by atoms with Crippen LogP contribution < -0.4 is 10.9 Å². The number of aromatic nitrogens is 2. The second kappa shape index (κ2) is 10.9. The number of ether oxygens (including phenoxy) is 1. The lowest BCUT2D eigenvalue weighted by Crippen LogP contribution is -2.47. The van der Waals surface area contributed by atoms with Crippen LogP contribution in [0.5, 0.6) is 0 Å². The Bertz CT molecular complexity index is 1500. The normalized spacial score (nSPS) is 15.7. The molecule has 0 aliphatic carbocycles. The molecule has 0 radical (unpaired) electrons. The van der Waals surface area contributed by atoms with Gasteiger partial charge >= 0.3 is 5.97 Å². The van der Waals surface area contributed by atoms with Crippen molar-refractivity contribution in [3.63, 3.8) is 0 Å². The van der Waals surface area contributed by atoms with Gasteiger partial charge in [0.15, 0.2) is 6.10 Å². The van der Waals surface area contributed by atoms with Gasteiger partial charge in [0.25, 0.3) is 11.5 Å². The van der Waals surface area contributed by atoms with E-state index in [1.165, 1.54) is 40.2 Å². The van der Waals surface area contributed by atoms with Crippen LogP contribution in [0.15, 0.2) is 64.3 Å².